The highest BCUT2D eigenvalue weighted by Crippen LogP contribution is 2.37. The number of carbonyl (C=O) groups is 1. The van der Waals surface area contributed by atoms with Crippen LogP contribution in [0.1, 0.15) is 11.1 Å². The number of anilines is 1. The van der Waals surface area contributed by atoms with Gasteiger partial charge in [0.15, 0.2) is 0 Å². The van der Waals surface area contributed by atoms with Crippen molar-refractivity contribution in [1.82, 2.24) is 0 Å². The number of hydrogen-bond donors (Lipinski definition) is 1. The molecule has 1 unspecified atom stereocenters. The van der Waals surface area contributed by atoms with Crippen LogP contribution in [0.3, 0.4) is 0 Å². The van der Waals surface area contributed by atoms with E-state index in [1.54, 1.807) is 12.1 Å². The van der Waals surface area contributed by atoms with Gasteiger partial charge in [0, 0.05) is 23.0 Å². The first-order valence-corrected chi connectivity index (χ1v) is 7.68. The summed E-state index contributed by atoms with van der Waals surface area (Å²) in [7, 11) is 0. The molecule has 0 aromatic heterocycles. The van der Waals surface area contributed by atoms with Crippen molar-refractivity contribution < 1.29 is 13.6 Å². The molecule has 0 fully saturated rings. The van der Waals surface area contributed by atoms with E-state index in [2.05, 4.69) is 27.3 Å². The Morgan fingerprint density at radius 1 is 1.22 bits per heavy atom. The van der Waals surface area contributed by atoms with Crippen LogP contribution in [0.25, 0.3) is 0 Å². The van der Waals surface area contributed by atoms with Crippen molar-refractivity contribution in [2.45, 2.75) is 12.8 Å². The molecule has 0 saturated heterocycles. The van der Waals surface area contributed by atoms with Crippen LogP contribution in [0, 0.1) is 28.4 Å². The minimum absolute atomic E-state index is 0.132. The average molecular weight is 377 g/mol. The first-order chi connectivity index (χ1) is 10.9. The van der Waals surface area contributed by atoms with E-state index in [1.165, 1.54) is 24.3 Å². The van der Waals surface area contributed by atoms with E-state index in [1.807, 2.05) is 0 Å². The first kappa shape index (κ1) is 15.6. The van der Waals surface area contributed by atoms with Gasteiger partial charge in [-0.05, 0) is 35.4 Å². The lowest BCUT2D eigenvalue weighted by atomic mass is 9.74. The van der Waals surface area contributed by atoms with Crippen LogP contribution in [0.15, 0.2) is 40.9 Å². The molecule has 2 aromatic carbocycles. The van der Waals surface area contributed by atoms with Gasteiger partial charge >= 0.3 is 0 Å². The predicted molar refractivity (Wildman–Crippen MR) is 84.6 cm³/mol. The highest BCUT2D eigenvalue weighted by Gasteiger charge is 2.43. The number of nitrogens with zero attached hydrogens (tertiary/aromatic N) is 1. The molecule has 116 valence electrons. The molecule has 6 heteroatoms. The summed E-state index contributed by atoms with van der Waals surface area (Å²) in [4.78, 5) is 12.5. The Morgan fingerprint density at radius 3 is 2.61 bits per heavy atom. The summed E-state index contributed by atoms with van der Waals surface area (Å²) >= 11 is 3.26. The van der Waals surface area contributed by atoms with Crippen molar-refractivity contribution >= 4 is 27.5 Å². The Morgan fingerprint density at radius 2 is 1.91 bits per heavy atom. The Hall–Kier alpha value is -2.26. The van der Waals surface area contributed by atoms with Gasteiger partial charge < -0.3 is 5.32 Å². The molecule has 1 heterocycles. The van der Waals surface area contributed by atoms with E-state index in [0.717, 1.165) is 0 Å². The molecule has 0 saturated carbocycles. The summed E-state index contributed by atoms with van der Waals surface area (Å²) in [5.41, 5.74) is 0.434. The number of nitrogens with one attached hydrogen (secondary N) is 1. The molecular formula is C17H11BrF2N2O. The van der Waals surface area contributed by atoms with Crippen molar-refractivity contribution in [2.24, 2.45) is 5.41 Å². The van der Waals surface area contributed by atoms with Crippen LogP contribution in [0.5, 0.6) is 0 Å². The Bertz CT molecular complexity index is 847. The van der Waals surface area contributed by atoms with Gasteiger partial charge in [0.05, 0.1) is 6.07 Å². The summed E-state index contributed by atoms with van der Waals surface area (Å²) in [6.07, 6.45) is 0.307. The van der Waals surface area contributed by atoms with E-state index in [4.69, 9.17) is 0 Å². The number of hydrogen-bond acceptors (Lipinski definition) is 2. The lowest BCUT2D eigenvalue weighted by Crippen LogP contribution is -2.42. The Kier molecular flexibility index (Phi) is 3.90. The van der Waals surface area contributed by atoms with Gasteiger partial charge in [-0.25, -0.2) is 8.78 Å². The normalized spacial score (nSPS) is 19.7. The topological polar surface area (TPSA) is 52.9 Å². The fraction of sp³-hybridized carbons (Fsp3) is 0.176. The van der Waals surface area contributed by atoms with Gasteiger partial charge in [-0.15, -0.1) is 0 Å². The van der Waals surface area contributed by atoms with Gasteiger partial charge in [-0.3, -0.25) is 4.79 Å². The third-order valence-electron chi connectivity index (χ3n) is 3.97. The lowest BCUT2D eigenvalue weighted by molar-refractivity contribution is -0.123. The van der Waals surface area contributed by atoms with Gasteiger partial charge in [-0.2, -0.15) is 5.26 Å². The summed E-state index contributed by atoms with van der Waals surface area (Å²) < 4.78 is 27.0. The van der Waals surface area contributed by atoms with Crippen LogP contribution in [0.2, 0.25) is 0 Å². The average Bonchev–Trinajstić information content (AvgIpc) is 2.51. The van der Waals surface area contributed by atoms with Crippen LogP contribution in [-0.4, -0.2) is 5.91 Å². The molecule has 1 atom stereocenters. The second-order valence-corrected chi connectivity index (χ2v) is 6.39. The van der Waals surface area contributed by atoms with Gasteiger partial charge in [0.1, 0.15) is 17.0 Å². The van der Waals surface area contributed by atoms with Crippen molar-refractivity contribution in [3.63, 3.8) is 0 Å². The molecule has 0 aliphatic carbocycles. The maximum Gasteiger partial charge on any atom is 0.245 e. The highest BCUT2D eigenvalue weighted by molar-refractivity contribution is 9.10. The third kappa shape index (κ3) is 2.84. The van der Waals surface area contributed by atoms with Crippen LogP contribution >= 0.6 is 15.9 Å². The van der Waals surface area contributed by atoms with Crippen LogP contribution < -0.4 is 5.32 Å². The number of benzene rings is 2. The monoisotopic (exact) mass is 376 g/mol. The predicted octanol–water partition coefficient (Wildman–Crippen LogP) is 3.97. The van der Waals surface area contributed by atoms with Crippen molar-refractivity contribution in [3.8, 4) is 6.07 Å². The van der Waals surface area contributed by atoms with Crippen molar-refractivity contribution in [2.75, 3.05) is 5.32 Å². The Labute approximate surface area is 140 Å². The fourth-order valence-electron chi connectivity index (χ4n) is 2.73. The molecule has 0 bridgehead atoms. The first-order valence-electron chi connectivity index (χ1n) is 6.88. The van der Waals surface area contributed by atoms with Gasteiger partial charge in [0.2, 0.25) is 5.91 Å². The SMILES string of the molecule is N#CC1(Cc2ccc(F)cc2Br)Cc2ccc(F)cc2NC1=O. The summed E-state index contributed by atoms with van der Waals surface area (Å²) in [6.45, 7) is 0. The number of carbonyl (C=O) groups excluding carboxylic acids is 1. The summed E-state index contributed by atoms with van der Waals surface area (Å²) in [6, 6.07) is 10.3. The summed E-state index contributed by atoms with van der Waals surface area (Å²) in [5, 5.41) is 12.2. The quantitative estimate of drug-likeness (QED) is 0.861. The second-order valence-electron chi connectivity index (χ2n) is 5.54. The molecule has 2 aromatic rings. The van der Waals surface area contributed by atoms with Crippen LogP contribution in [-0.2, 0) is 17.6 Å². The van der Waals surface area contributed by atoms with Crippen molar-refractivity contribution in [1.29, 1.82) is 5.26 Å². The van der Waals surface area contributed by atoms with E-state index in [0.29, 0.717) is 21.3 Å². The molecule has 1 aliphatic rings. The molecule has 1 N–H and O–H groups in total. The lowest BCUT2D eigenvalue weighted by Gasteiger charge is -2.31. The summed E-state index contributed by atoms with van der Waals surface area (Å²) in [5.74, 6) is -1.33. The van der Waals surface area contributed by atoms with E-state index in [-0.39, 0.29) is 12.8 Å². The second kappa shape index (κ2) is 5.74. The number of amides is 1. The molecule has 0 radical (unpaired) electrons. The standard InChI is InChI=1S/C17H11BrF2N2O/c18-14-5-12(19)3-1-10(14)7-17(9-21)8-11-2-4-13(20)6-15(11)22-16(17)23/h1-6H,7-8H2,(H,22,23). The minimum atomic E-state index is -1.31. The van der Waals surface area contributed by atoms with Crippen LogP contribution in [0.4, 0.5) is 14.5 Å². The largest absolute Gasteiger partial charge is 0.324 e. The number of fused-ring (bicyclic) bond motifs is 1. The number of halogens is 3. The maximum atomic E-state index is 13.3. The number of nitriles is 1. The molecule has 3 nitrogen and oxygen atoms in total. The van der Waals surface area contributed by atoms with E-state index in [9.17, 15) is 18.8 Å². The van der Waals surface area contributed by atoms with E-state index >= 15 is 0 Å². The van der Waals surface area contributed by atoms with Crippen molar-refractivity contribution in [3.05, 3.63) is 63.6 Å². The fourth-order valence-corrected chi connectivity index (χ4v) is 3.22. The highest BCUT2D eigenvalue weighted by atomic mass is 79.9. The smallest absolute Gasteiger partial charge is 0.245 e. The van der Waals surface area contributed by atoms with E-state index < -0.39 is 23.0 Å². The van der Waals surface area contributed by atoms with Gasteiger partial charge in [-0.1, -0.05) is 28.1 Å². The molecular weight excluding hydrogens is 366 g/mol. The molecule has 1 aliphatic heterocycles. The minimum Gasteiger partial charge on any atom is -0.324 e. The molecule has 23 heavy (non-hydrogen) atoms. The third-order valence-corrected chi connectivity index (χ3v) is 4.71. The zero-order valence-corrected chi connectivity index (χ0v) is 13.5. The molecule has 1 amide bonds. The number of rotatable bonds is 2. The molecule has 3 rings (SSSR count). The molecule has 0 spiro atoms. The zero-order valence-electron chi connectivity index (χ0n) is 11.9. The zero-order chi connectivity index (χ0) is 16.6. The Balaban J connectivity index is 1.99. The van der Waals surface area contributed by atoms with Gasteiger partial charge in [0.25, 0.3) is 0 Å². The maximum absolute atomic E-state index is 13.3.